The number of hydrogen-bond acceptors (Lipinski definition) is 3. The molecule has 0 amide bonds. The molecule has 1 fully saturated rings. The lowest BCUT2D eigenvalue weighted by Crippen LogP contribution is -2.48. The molecule has 1 N–H and O–H groups in total. The summed E-state index contributed by atoms with van der Waals surface area (Å²) in [7, 11) is 2.02. The first-order valence-electron chi connectivity index (χ1n) is 8.71. The number of benzene rings is 2. The zero-order valence-corrected chi connectivity index (χ0v) is 14.1. The van der Waals surface area contributed by atoms with Crippen molar-refractivity contribution in [2.24, 2.45) is 0 Å². The maximum absolute atomic E-state index is 12.8. The van der Waals surface area contributed by atoms with Crippen LogP contribution in [0.25, 0.3) is 0 Å². The van der Waals surface area contributed by atoms with Crippen LogP contribution in [0.3, 0.4) is 0 Å². The summed E-state index contributed by atoms with van der Waals surface area (Å²) >= 11 is 0. The van der Waals surface area contributed by atoms with Gasteiger partial charge in [-0.25, -0.2) is 0 Å². The van der Waals surface area contributed by atoms with Crippen LogP contribution >= 0.6 is 0 Å². The highest BCUT2D eigenvalue weighted by Crippen LogP contribution is 2.30. The van der Waals surface area contributed by atoms with Crippen LogP contribution in [-0.4, -0.2) is 34.9 Å². The number of carbonyl (C=O) groups excluding carboxylic acids is 1. The van der Waals surface area contributed by atoms with E-state index in [1.165, 1.54) is 0 Å². The number of nitrogens with zero attached hydrogens (tertiary/aromatic N) is 1. The lowest BCUT2D eigenvalue weighted by molar-refractivity contribution is 0.0499. The van der Waals surface area contributed by atoms with E-state index in [2.05, 4.69) is 4.90 Å². The Morgan fingerprint density at radius 2 is 1.71 bits per heavy atom. The van der Waals surface area contributed by atoms with Gasteiger partial charge in [0.2, 0.25) is 0 Å². The zero-order valence-electron chi connectivity index (χ0n) is 14.1. The SMILES string of the molecule is CN1C(CC(O)c2ccccc2)CCCC1C(=O)c1ccccc1. The fraction of sp³-hybridized carbons (Fsp3) is 0.381. The molecule has 3 heteroatoms. The van der Waals surface area contributed by atoms with Crippen molar-refractivity contribution in [3.05, 3.63) is 71.8 Å². The highest BCUT2D eigenvalue weighted by Gasteiger charge is 2.33. The van der Waals surface area contributed by atoms with Crippen LogP contribution in [0.5, 0.6) is 0 Å². The van der Waals surface area contributed by atoms with Gasteiger partial charge in [-0.15, -0.1) is 0 Å². The summed E-state index contributed by atoms with van der Waals surface area (Å²) in [4.78, 5) is 15.0. The molecule has 3 atom stereocenters. The van der Waals surface area contributed by atoms with Gasteiger partial charge in [0, 0.05) is 11.6 Å². The van der Waals surface area contributed by atoms with Gasteiger partial charge in [0.15, 0.2) is 5.78 Å². The summed E-state index contributed by atoms with van der Waals surface area (Å²) < 4.78 is 0. The van der Waals surface area contributed by atoms with Gasteiger partial charge in [0.25, 0.3) is 0 Å². The second-order valence-corrected chi connectivity index (χ2v) is 6.66. The molecule has 1 heterocycles. The summed E-state index contributed by atoms with van der Waals surface area (Å²) in [5.74, 6) is 0.192. The molecular weight excluding hydrogens is 298 g/mol. The molecule has 1 saturated heterocycles. The third-order valence-corrected chi connectivity index (χ3v) is 5.12. The fourth-order valence-corrected chi connectivity index (χ4v) is 3.67. The number of Topliss-reactive ketones (excluding diaryl/α,β-unsaturated/α-hetero) is 1. The first-order valence-corrected chi connectivity index (χ1v) is 8.71. The maximum Gasteiger partial charge on any atom is 0.179 e. The lowest BCUT2D eigenvalue weighted by Gasteiger charge is -2.39. The number of likely N-dealkylation sites (N-methyl/N-ethyl adjacent to an activating group) is 1. The molecule has 2 aromatic carbocycles. The van der Waals surface area contributed by atoms with E-state index in [-0.39, 0.29) is 17.9 Å². The molecule has 0 aliphatic carbocycles. The molecule has 3 rings (SSSR count). The van der Waals surface area contributed by atoms with E-state index in [1.54, 1.807) is 0 Å². The van der Waals surface area contributed by atoms with Crippen molar-refractivity contribution >= 4 is 5.78 Å². The lowest BCUT2D eigenvalue weighted by atomic mass is 9.88. The normalized spacial score (nSPS) is 22.9. The summed E-state index contributed by atoms with van der Waals surface area (Å²) in [6.07, 6.45) is 3.13. The average Bonchev–Trinajstić information content (AvgIpc) is 2.64. The van der Waals surface area contributed by atoms with E-state index < -0.39 is 6.10 Å². The third kappa shape index (κ3) is 3.74. The number of likely N-dealkylation sites (tertiary alicyclic amines) is 1. The van der Waals surface area contributed by atoms with Crippen molar-refractivity contribution < 1.29 is 9.90 Å². The third-order valence-electron chi connectivity index (χ3n) is 5.12. The van der Waals surface area contributed by atoms with E-state index in [1.807, 2.05) is 67.7 Å². The Kier molecular flexibility index (Phi) is 5.44. The molecule has 1 aliphatic rings. The summed E-state index contributed by atoms with van der Waals surface area (Å²) in [5, 5.41) is 10.5. The number of hydrogen-bond donors (Lipinski definition) is 1. The van der Waals surface area contributed by atoms with Crippen LogP contribution in [0.1, 0.15) is 47.7 Å². The van der Waals surface area contributed by atoms with Gasteiger partial charge in [-0.05, 0) is 38.3 Å². The Balaban J connectivity index is 1.69. The van der Waals surface area contributed by atoms with Crippen molar-refractivity contribution in [1.82, 2.24) is 4.90 Å². The van der Waals surface area contributed by atoms with Gasteiger partial charge in [0.05, 0.1) is 12.1 Å². The Bertz CT molecular complexity index is 656. The molecule has 2 aromatic rings. The van der Waals surface area contributed by atoms with Crippen LogP contribution < -0.4 is 0 Å². The van der Waals surface area contributed by atoms with Crippen molar-refractivity contribution in [3.63, 3.8) is 0 Å². The maximum atomic E-state index is 12.8. The molecular formula is C21H25NO2. The molecule has 3 nitrogen and oxygen atoms in total. The van der Waals surface area contributed by atoms with Crippen molar-refractivity contribution in [2.75, 3.05) is 7.05 Å². The van der Waals surface area contributed by atoms with Gasteiger partial charge >= 0.3 is 0 Å². The number of piperidine rings is 1. The Morgan fingerprint density at radius 1 is 1.08 bits per heavy atom. The van der Waals surface area contributed by atoms with Gasteiger partial charge in [-0.3, -0.25) is 9.69 Å². The van der Waals surface area contributed by atoms with Crippen molar-refractivity contribution in [3.8, 4) is 0 Å². The number of carbonyl (C=O) groups is 1. The minimum Gasteiger partial charge on any atom is -0.388 e. The average molecular weight is 323 g/mol. The smallest absolute Gasteiger partial charge is 0.179 e. The van der Waals surface area contributed by atoms with Crippen LogP contribution in [0.15, 0.2) is 60.7 Å². The number of rotatable bonds is 5. The minimum atomic E-state index is -0.482. The molecule has 0 radical (unpaired) electrons. The molecule has 1 aliphatic heterocycles. The topological polar surface area (TPSA) is 40.5 Å². The van der Waals surface area contributed by atoms with Crippen molar-refractivity contribution in [2.45, 2.75) is 43.9 Å². The number of ketones is 1. The highest BCUT2D eigenvalue weighted by molar-refractivity contribution is 6.00. The molecule has 0 aromatic heterocycles. The largest absolute Gasteiger partial charge is 0.388 e. The van der Waals surface area contributed by atoms with Gasteiger partial charge < -0.3 is 5.11 Å². The Morgan fingerprint density at radius 3 is 2.38 bits per heavy atom. The highest BCUT2D eigenvalue weighted by atomic mass is 16.3. The van der Waals surface area contributed by atoms with E-state index in [0.29, 0.717) is 6.42 Å². The van der Waals surface area contributed by atoms with Crippen LogP contribution in [0, 0.1) is 0 Å². The fourth-order valence-electron chi connectivity index (χ4n) is 3.67. The van der Waals surface area contributed by atoms with Crippen LogP contribution in [-0.2, 0) is 0 Å². The first kappa shape index (κ1) is 16.9. The monoisotopic (exact) mass is 323 g/mol. The van der Waals surface area contributed by atoms with E-state index in [4.69, 9.17) is 0 Å². The minimum absolute atomic E-state index is 0.0888. The summed E-state index contributed by atoms with van der Waals surface area (Å²) in [6.45, 7) is 0. The number of aliphatic hydroxyl groups excluding tert-OH is 1. The predicted octanol–water partition coefficient (Wildman–Crippen LogP) is 3.85. The summed E-state index contributed by atoms with van der Waals surface area (Å²) in [6, 6.07) is 19.4. The standard InChI is InChI=1S/C21H25NO2/c1-22-18(15-20(23)16-9-4-2-5-10-16)13-8-14-19(22)21(24)17-11-6-3-7-12-17/h2-7,9-12,18-20,23H,8,13-15H2,1H3. The Hall–Kier alpha value is -1.97. The molecule has 0 spiro atoms. The molecule has 24 heavy (non-hydrogen) atoms. The van der Waals surface area contributed by atoms with Gasteiger partial charge in [-0.1, -0.05) is 60.7 Å². The van der Waals surface area contributed by atoms with Crippen LogP contribution in [0.2, 0.25) is 0 Å². The summed E-state index contributed by atoms with van der Waals surface area (Å²) in [5.41, 5.74) is 1.72. The second kappa shape index (κ2) is 7.73. The van der Waals surface area contributed by atoms with E-state index in [9.17, 15) is 9.90 Å². The molecule has 3 unspecified atom stereocenters. The molecule has 0 saturated carbocycles. The van der Waals surface area contributed by atoms with Crippen molar-refractivity contribution in [1.29, 1.82) is 0 Å². The number of aliphatic hydroxyl groups is 1. The van der Waals surface area contributed by atoms with E-state index >= 15 is 0 Å². The molecule has 0 bridgehead atoms. The predicted molar refractivity (Wildman–Crippen MR) is 96.0 cm³/mol. The van der Waals surface area contributed by atoms with E-state index in [0.717, 1.165) is 30.4 Å². The quantitative estimate of drug-likeness (QED) is 0.850. The van der Waals surface area contributed by atoms with Crippen LogP contribution in [0.4, 0.5) is 0 Å². The van der Waals surface area contributed by atoms with Gasteiger partial charge in [-0.2, -0.15) is 0 Å². The second-order valence-electron chi connectivity index (χ2n) is 6.66. The first-order chi connectivity index (χ1) is 11.7. The Labute approximate surface area is 143 Å². The molecule has 126 valence electrons. The zero-order chi connectivity index (χ0) is 16.9. The van der Waals surface area contributed by atoms with Gasteiger partial charge in [0.1, 0.15) is 0 Å².